The van der Waals surface area contributed by atoms with Crippen LogP contribution in [0, 0.1) is 6.92 Å². The minimum absolute atomic E-state index is 0. The number of carbonyl (C=O) groups is 1. The molecule has 0 spiro atoms. The third-order valence-electron chi connectivity index (χ3n) is 2.86. The Balaban J connectivity index is 0.00000361. The summed E-state index contributed by atoms with van der Waals surface area (Å²) in [7, 11) is -0.354. The molecule has 0 aliphatic rings. The Morgan fingerprint density at radius 1 is 1.40 bits per heavy atom. The molecular weight excluding hydrogens is 302 g/mol. The predicted molar refractivity (Wildman–Crippen MR) is 80.7 cm³/mol. The van der Waals surface area contributed by atoms with Crippen LogP contribution < -0.4 is 11.1 Å². The average molecular weight is 322 g/mol. The summed E-state index contributed by atoms with van der Waals surface area (Å²) >= 11 is 0. The van der Waals surface area contributed by atoms with E-state index in [0.29, 0.717) is 18.7 Å². The number of benzene rings is 1. The second kappa shape index (κ2) is 7.58. The highest BCUT2D eigenvalue weighted by molar-refractivity contribution is 7.89. The molecule has 0 unspecified atom stereocenters. The van der Waals surface area contributed by atoms with Crippen molar-refractivity contribution in [1.82, 2.24) is 9.62 Å². The van der Waals surface area contributed by atoms with E-state index in [0.717, 1.165) is 0 Å². The number of primary amides is 1. The standard InChI is InChI=1S/C12H19N3O3S.ClH/c1-9-4-5-10(8-11(9)12(13)16)19(17,18)15(3)7-6-14-2;/h4-5,8,14H,6-7H2,1-3H3,(H2,13,16);1H. The van der Waals surface area contributed by atoms with Gasteiger partial charge in [0, 0.05) is 25.7 Å². The van der Waals surface area contributed by atoms with Gasteiger partial charge in [0.05, 0.1) is 4.90 Å². The predicted octanol–water partition coefficient (Wildman–Crippen LogP) is 0.356. The average Bonchev–Trinajstić information content (AvgIpc) is 2.35. The van der Waals surface area contributed by atoms with Crippen LogP contribution in [0.15, 0.2) is 23.1 Å². The molecular formula is C12H20ClN3O3S. The summed E-state index contributed by atoms with van der Waals surface area (Å²) in [5.41, 5.74) is 6.11. The minimum Gasteiger partial charge on any atom is -0.366 e. The maximum atomic E-state index is 12.3. The van der Waals surface area contributed by atoms with Gasteiger partial charge in [-0.05, 0) is 31.7 Å². The number of hydrogen-bond donors (Lipinski definition) is 2. The first kappa shape index (κ1) is 18.9. The van der Waals surface area contributed by atoms with Gasteiger partial charge >= 0.3 is 0 Å². The first-order chi connectivity index (χ1) is 8.80. The fraction of sp³-hybridized carbons (Fsp3) is 0.417. The highest BCUT2D eigenvalue weighted by Crippen LogP contribution is 2.18. The summed E-state index contributed by atoms with van der Waals surface area (Å²) in [6.45, 7) is 2.60. The number of sulfonamides is 1. The van der Waals surface area contributed by atoms with Crippen molar-refractivity contribution in [2.24, 2.45) is 5.73 Å². The molecule has 0 aromatic heterocycles. The monoisotopic (exact) mass is 321 g/mol. The number of carbonyl (C=O) groups excluding carboxylic acids is 1. The zero-order chi connectivity index (χ0) is 14.6. The van der Waals surface area contributed by atoms with E-state index < -0.39 is 15.9 Å². The molecule has 6 nitrogen and oxygen atoms in total. The maximum Gasteiger partial charge on any atom is 0.249 e. The summed E-state index contributed by atoms with van der Waals surface area (Å²) in [4.78, 5) is 11.3. The number of likely N-dealkylation sites (N-methyl/N-ethyl adjacent to an activating group) is 2. The number of nitrogens with one attached hydrogen (secondary N) is 1. The molecule has 0 radical (unpaired) electrons. The molecule has 8 heteroatoms. The molecule has 1 aromatic rings. The Labute approximate surface area is 125 Å². The third-order valence-corrected chi connectivity index (χ3v) is 4.71. The van der Waals surface area contributed by atoms with Crippen molar-refractivity contribution < 1.29 is 13.2 Å². The zero-order valence-corrected chi connectivity index (χ0v) is 13.3. The van der Waals surface area contributed by atoms with Crippen LogP contribution in [0.3, 0.4) is 0 Å². The van der Waals surface area contributed by atoms with Crippen molar-refractivity contribution in [3.63, 3.8) is 0 Å². The van der Waals surface area contributed by atoms with Crippen molar-refractivity contribution in [2.45, 2.75) is 11.8 Å². The lowest BCUT2D eigenvalue weighted by Gasteiger charge is -2.17. The molecule has 3 N–H and O–H groups in total. The fourth-order valence-electron chi connectivity index (χ4n) is 1.60. The van der Waals surface area contributed by atoms with E-state index in [2.05, 4.69) is 5.32 Å². The molecule has 0 atom stereocenters. The van der Waals surface area contributed by atoms with Gasteiger partial charge in [0.15, 0.2) is 0 Å². The molecule has 1 amide bonds. The Morgan fingerprint density at radius 2 is 2.00 bits per heavy atom. The fourth-order valence-corrected chi connectivity index (χ4v) is 2.79. The number of nitrogens with zero attached hydrogens (tertiary/aromatic N) is 1. The van der Waals surface area contributed by atoms with E-state index in [1.54, 1.807) is 20.0 Å². The summed E-state index contributed by atoms with van der Waals surface area (Å²) in [6, 6.07) is 4.38. The molecule has 0 fully saturated rings. The van der Waals surface area contributed by atoms with Crippen molar-refractivity contribution >= 4 is 28.3 Å². The highest BCUT2D eigenvalue weighted by atomic mass is 35.5. The molecule has 0 saturated heterocycles. The van der Waals surface area contributed by atoms with Gasteiger partial charge in [-0.25, -0.2) is 8.42 Å². The van der Waals surface area contributed by atoms with E-state index >= 15 is 0 Å². The second-order valence-electron chi connectivity index (χ2n) is 4.27. The molecule has 0 bridgehead atoms. The third kappa shape index (κ3) is 4.17. The smallest absolute Gasteiger partial charge is 0.249 e. The molecule has 20 heavy (non-hydrogen) atoms. The minimum atomic E-state index is -3.60. The van der Waals surface area contributed by atoms with Crippen molar-refractivity contribution in [3.05, 3.63) is 29.3 Å². The highest BCUT2D eigenvalue weighted by Gasteiger charge is 2.21. The number of rotatable bonds is 6. The second-order valence-corrected chi connectivity index (χ2v) is 6.32. The topological polar surface area (TPSA) is 92.5 Å². The van der Waals surface area contributed by atoms with Gasteiger partial charge in [-0.1, -0.05) is 6.07 Å². The Hall–Kier alpha value is -1.15. The Morgan fingerprint density at radius 3 is 2.50 bits per heavy atom. The van der Waals surface area contributed by atoms with Gasteiger partial charge in [-0.15, -0.1) is 12.4 Å². The number of hydrogen-bond acceptors (Lipinski definition) is 4. The van der Waals surface area contributed by atoms with Gasteiger partial charge < -0.3 is 11.1 Å². The number of nitrogens with two attached hydrogens (primary N) is 1. The van der Waals surface area contributed by atoms with Crippen LogP contribution in [0.2, 0.25) is 0 Å². The van der Waals surface area contributed by atoms with Crippen LogP contribution in [-0.4, -0.2) is 45.8 Å². The first-order valence-corrected chi connectivity index (χ1v) is 7.26. The lowest BCUT2D eigenvalue weighted by atomic mass is 10.1. The first-order valence-electron chi connectivity index (χ1n) is 5.82. The van der Waals surface area contributed by atoms with E-state index in [4.69, 9.17) is 5.73 Å². The molecule has 114 valence electrons. The van der Waals surface area contributed by atoms with Gasteiger partial charge in [0.25, 0.3) is 0 Å². The van der Waals surface area contributed by atoms with Crippen molar-refractivity contribution in [3.8, 4) is 0 Å². The largest absolute Gasteiger partial charge is 0.366 e. The van der Waals surface area contributed by atoms with Crippen molar-refractivity contribution in [2.75, 3.05) is 27.2 Å². The van der Waals surface area contributed by atoms with Crippen LogP contribution in [0.4, 0.5) is 0 Å². The van der Waals surface area contributed by atoms with Gasteiger partial charge in [-0.3, -0.25) is 4.79 Å². The number of amides is 1. The van der Waals surface area contributed by atoms with Gasteiger partial charge in [0.2, 0.25) is 15.9 Å². The van der Waals surface area contributed by atoms with E-state index in [9.17, 15) is 13.2 Å². The molecule has 0 heterocycles. The van der Waals surface area contributed by atoms with E-state index in [-0.39, 0.29) is 22.9 Å². The molecule has 1 rings (SSSR count). The SMILES string of the molecule is CNCCN(C)S(=O)(=O)c1ccc(C)c(C(N)=O)c1.Cl. The summed E-state index contributed by atoms with van der Waals surface area (Å²) < 4.78 is 25.8. The Kier molecular flexibility index (Phi) is 7.15. The molecule has 0 aliphatic carbocycles. The number of aryl methyl sites for hydroxylation is 1. The summed E-state index contributed by atoms with van der Waals surface area (Å²) in [5.74, 6) is -0.632. The quantitative estimate of drug-likeness (QED) is 0.791. The molecule has 1 aromatic carbocycles. The van der Waals surface area contributed by atoms with Crippen LogP contribution in [0.1, 0.15) is 15.9 Å². The van der Waals surface area contributed by atoms with Crippen LogP contribution in [0.5, 0.6) is 0 Å². The maximum absolute atomic E-state index is 12.3. The zero-order valence-electron chi connectivity index (χ0n) is 11.7. The number of halogens is 1. The lowest BCUT2D eigenvalue weighted by Crippen LogP contribution is -2.33. The van der Waals surface area contributed by atoms with Crippen LogP contribution in [-0.2, 0) is 10.0 Å². The summed E-state index contributed by atoms with van der Waals surface area (Å²) in [5, 5.41) is 2.88. The normalized spacial score (nSPS) is 11.2. The van der Waals surface area contributed by atoms with Gasteiger partial charge in [0.1, 0.15) is 0 Å². The Bertz CT molecular complexity index is 575. The van der Waals surface area contributed by atoms with Crippen molar-refractivity contribution in [1.29, 1.82) is 0 Å². The van der Waals surface area contributed by atoms with Gasteiger partial charge in [-0.2, -0.15) is 4.31 Å². The lowest BCUT2D eigenvalue weighted by molar-refractivity contribution is 0.0999. The van der Waals surface area contributed by atoms with Crippen LogP contribution in [0.25, 0.3) is 0 Å². The molecule has 0 saturated carbocycles. The molecule has 0 aliphatic heterocycles. The summed E-state index contributed by atoms with van der Waals surface area (Å²) in [6.07, 6.45) is 0. The van der Waals surface area contributed by atoms with Crippen LogP contribution >= 0.6 is 12.4 Å². The van der Waals surface area contributed by atoms with E-state index in [1.807, 2.05) is 0 Å². The van der Waals surface area contributed by atoms with E-state index in [1.165, 1.54) is 23.5 Å².